The van der Waals surface area contributed by atoms with Crippen LogP contribution >= 0.6 is 11.8 Å². The van der Waals surface area contributed by atoms with Crippen molar-refractivity contribution in [3.8, 4) is 5.75 Å². The lowest BCUT2D eigenvalue weighted by Gasteiger charge is -2.04. The average molecular weight is 265 g/mol. The van der Waals surface area contributed by atoms with Crippen LogP contribution in [0.3, 0.4) is 0 Å². The zero-order valence-electron chi connectivity index (χ0n) is 9.04. The molecule has 92 valence electrons. The molecule has 0 heterocycles. The lowest BCUT2D eigenvalue weighted by molar-refractivity contribution is -0.385. The van der Waals surface area contributed by atoms with Crippen molar-refractivity contribution in [2.45, 2.75) is 9.79 Å². The number of aromatic hydroxyl groups is 1. The summed E-state index contributed by atoms with van der Waals surface area (Å²) in [6.07, 6.45) is 0. The van der Waals surface area contributed by atoms with Crippen LogP contribution in [0, 0.1) is 15.9 Å². The molecule has 2 aromatic carbocycles. The predicted octanol–water partition coefficient (Wildman–Crippen LogP) is 3.59. The van der Waals surface area contributed by atoms with E-state index in [0.29, 0.717) is 4.90 Å². The molecule has 0 atom stereocenters. The van der Waals surface area contributed by atoms with E-state index in [0.717, 1.165) is 17.8 Å². The van der Waals surface area contributed by atoms with Gasteiger partial charge in [-0.2, -0.15) is 0 Å². The maximum Gasteiger partial charge on any atom is 0.272 e. The highest BCUT2D eigenvalue weighted by Gasteiger charge is 2.12. The standard InChI is InChI=1S/C12H8FNO3S/c13-9-7-8(14(16)17)5-6-11(9)18-12-4-2-1-3-10(12)15/h1-7,15H. The number of nitrogens with zero attached hydrogens (tertiary/aromatic N) is 1. The van der Waals surface area contributed by atoms with Gasteiger partial charge in [0.25, 0.3) is 5.69 Å². The van der Waals surface area contributed by atoms with Crippen molar-refractivity contribution < 1.29 is 14.4 Å². The Hall–Kier alpha value is -2.08. The first-order valence-electron chi connectivity index (χ1n) is 4.97. The minimum Gasteiger partial charge on any atom is -0.507 e. The molecule has 0 aliphatic heterocycles. The third-order valence-electron chi connectivity index (χ3n) is 2.21. The quantitative estimate of drug-likeness (QED) is 0.680. The second-order valence-electron chi connectivity index (χ2n) is 3.44. The smallest absolute Gasteiger partial charge is 0.272 e. The van der Waals surface area contributed by atoms with E-state index < -0.39 is 10.7 Å². The van der Waals surface area contributed by atoms with Crippen molar-refractivity contribution in [1.82, 2.24) is 0 Å². The molecule has 18 heavy (non-hydrogen) atoms. The summed E-state index contributed by atoms with van der Waals surface area (Å²) >= 11 is 1.01. The van der Waals surface area contributed by atoms with Crippen LogP contribution in [0.25, 0.3) is 0 Å². The molecule has 0 radical (unpaired) electrons. The van der Waals surface area contributed by atoms with Crippen molar-refractivity contribution in [1.29, 1.82) is 0 Å². The molecule has 0 unspecified atom stereocenters. The maximum absolute atomic E-state index is 13.6. The van der Waals surface area contributed by atoms with Crippen molar-refractivity contribution >= 4 is 17.4 Å². The van der Waals surface area contributed by atoms with Crippen molar-refractivity contribution in [2.75, 3.05) is 0 Å². The minimum absolute atomic E-state index is 0.0419. The SMILES string of the molecule is O=[N+]([O-])c1ccc(Sc2ccccc2O)c(F)c1. The van der Waals surface area contributed by atoms with Crippen LogP contribution in [0.5, 0.6) is 5.75 Å². The molecule has 0 saturated heterocycles. The van der Waals surface area contributed by atoms with Gasteiger partial charge >= 0.3 is 0 Å². The van der Waals surface area contributed by atoms with Crippen LogP contribution in [0.1, 0.15) is 0 Å². The molecule has 4 nitrogen and oxygen atoms in total. The number of rotatable bonds is 3. The molecule has 0 aromatic heterocycles. The first-order chi connectivity index (χ1) is 8.58. The zero-order chi connectivity index (χ0) is 13.1. The fourth-order valence-electron chi connectivity index (χ4n) is 1.35. The largest absolute Gasteiger partial charge is 0.507 e. The van der Waals surface area contributed by atoms with Gasteiger partial charge in [-0.25, -0.2) is 4.39 Å². The number of para-hydroxylation sites is 1. The van der Waals surface area contributed by atoms with E-state index in [4.69, 9.17) is 0 Å². The fourth-order valence-corrected chi connectivity index (χ4v) is 2.20. The lowest BCUT2D eigenvalue weighted by Crippen LogP contribution is -1.90. The number of nitro benzene ring substituents is 1. The maximum atomic E-state index is 13.6. The Bertz CT molecular complexity index is 604. The van der Waals surface area contributed by atoms with E-state index in [9.17, 15) is 19.6 Å². The van der Waals surface area contributed by atoms with Crippen LogP contribution in [-0.4, -0.2) is 10.0 Å². The summed E-state index contributed by atoms with van der Waals surface area (Å²) < 4.78 is 13.6. The number of nitro groups is 1. The highest BCUT2D eigenvalue weighted by molar-refractivity contribution is 7.99. The normalized spacial score (nSPS) is 10.3. The van der Waals surface area contributed by atoms with Crippen LogP contribution in [-0.2, 0) is 0 Å². The number of halogens is 1. The summed E-state index contributed by atoms with van der Waals surface area (Å²) in [7, 11) is 0. The molecule has 0 aliphatic carbocycles. The van der Waals surface area contributed by atoms with Crippen LogP contribution in [0.2, 0.25) is 0 Å². The highest BCUT2D eigenvalue weighted by atomic mass is 32.2. The number of hydrogen-bond donors (Lipinski definition) is 1. The Labute approximate surface area is 106 Å². The summed E-state index contributed by atoms with van der Waals surface area (Å²) in [5.41, 5.74) is -0.297. The first kappa shape index (κ1) is 12.4. The molecule has 0 amide bonds. The molecule has 0 saturated carbocycles. The number of phenols is 1. The molecule has 0 spiro atoms. The second-order valence-corrected chi connectivity index (χ2v) is 4.53. The molecule has 6 heteroatoms. The molecular formula is C12H8FNO3S. The molecule has 0 aliphatic rings. The van der Waals surface area contributed by atoms with Gasteiger partial charge in [-0.3, -0.25) is 10.1 Å². The Morgan fingerprint density at radius 1 is 1.17 bits per heavy atom. The molecule has 2 rings (SSSR count). The van der Waals surface area contributed by atoms with E-state index in [1.54, 1.807) is 18.2 Å². The lowest BCUT2D eigenvalue weighted by atomic mass is 10.3. The Morgan fingerprint density at radius 3 is 2.50 bits per heavy atom. The third-order valence-corrected chi connectivity index (χ3v) is 3.33. The summed E-state index contributed by atoms with van der Waals surface area (Å²) in [4.78, 5) is 10.5. The number of hydrogen-bond acceptors (Lipinski definition) is 4. The van der Waals surface area contributed by atoms with Gasteiger partial charge in [-0.05, 0) is 18.2 Å². The van der Waals surface area contributed by atoms with Gasteiger partial charge in [0, 0.05) is 11.0 Å². The fraction of sp³-hybridized carbons (Fsp3) is 0. The summed E-state index contributed by atoms with van der Waals surface area (Å²) in [5.74, 6) is -0.641. The van der Waals surface area contributed by atoms with Gasteiger partial charge in [0.2, 0.25) is 0 Å². The van der Waals surface area contributed by atoms with E-state index in [1.165, 1.54) is 18.2 Å². The van der Waals surface area contributed by atoms with E-state index >= 15 is 0 Å². The van der Waals surface area contributed by atoms with Gasteiger partial charge in [0.15, 0.2) is 0 Å². The van der Waals surface area contributed by atoms with Gasteiger partial charge in [0.1, 0.15) is 11.6 Å². The molecule has 0 bridgehead atoms. The van der Waals surface area contributed by atoms with Crippen molar-refractivity contribution in [2.24, 2.45) is 0 Å². The van der Waals surface area contributed by atoms with E-state index in [1.807, 2.05) is 0 Å². The zero-order valence-corrected chi connectivity index (χ0v) is 9.86. The number of non-ortho nitro benzene ring substituents is 1. The monoisotopic (exact) mass is 265 g/mol. The number of benzene rings is 2. The second kappa shape index (κ2) is 5.05. The van der Waals surface area contributed by atoms with Crippen molar-refractivity contribution in [3.05, 3.63) is 58.4 Å². The third kappa shape index (κ3) is 2.60. The predicted molar refractivity (Wildman–Crippen MR) is 65.3 cm³/mol. The summed E-state index contributed by atoms with van der Waals surface area (Å²) in [6, 6.07) is 9.92. The van der Waals surface area contributed by atoms with Crippen molar-refractivity contribution in [3.63, 3.8) is 0 Å². The Kier molecular flexibility index (Phi) is 3.47. The van der Waals surface area contributed by atoms with Crippen LogP contribution in [0.15, 0.2) is 52.3 Å². The van der Waals surface area contributed by atoms with E-state index in [2.05, 4.69) is 0 Å². The highest BCUT2D eigenvalue weighted by Crippen LogP contribution is 2.36. The number of phenolic OH excluding ortho intramolecular Hbond substituents is 1. The van der Waals surface area contributed by atoms with Gasteiger partial charge < -0.3 is 5.11 Å². The topological polar surface area (TPSA) is 63.4 Å². The minimum atomic E-state index is -0.683. The van der Waals surface area contributed by atoms with Gasteiger partial charge in [-0.1, -0.05) is 23.9 Å². The van der Waals surface area contributed by atoms with Crippen LogP contribution < -0.4 is 0 Å². The molecule has 2 aromatic rings. The summed E-state index contributed by atoms with van der Waals surface area (Å²) in [5, 5.41) is 20.0. The van der Waals surface area contributed by atoms with Crippen LogP contribution in [0.4, 0.5) is 10.1 Å². The average Bonchev–Trinajstić information content (AvgIpc) is 2.34. The Balaban J connectivity index is 2.30. The molecular weight excluding hydrogens is 257 g/mol. The molecule has 1 N–H and O–H groups in total. The first-order valence-corrected chi connectivity index (χ1v) is 5.79. The summed E-state index contributed by atoms with van der Waals surface area (Å²) in [6.45, 7) is 0. The van der Waals surface area contributed by atoms with Gasteiger partial charge in [0.05, 0.1) is 15.9 Å². The van der Waals surface area contributed by atoms with Gasteiger partial charge in [-0.15, -0.1) is 0 Å². The van der Waals surface area contributed by atoms with E-state index in [-0.39, 0.29) is 16.3 Å². The Morgan fingerprint density at radius 2 is 1.89 bits per heavy atom. The molecule has 0 fully saturated rings.